The minimum Gasteiger partial charge on any atom is -0.396 e. The van der Waals surface area contributed by atoms with Crippen LogP contribution in [0.3, 0.4) is 0 Å². The van der Waals surface area contributed by atoms with Gasteiger partial charge in [0.1, 0.15) is 0 Å². The van der Waals surface area contributed by atoms with E-state index in [1.165, 1.54) is 17.9 Å². The number of rotatable bonds is 2. The van der Waals surface area contributed by atoms with Crippen molar-refractivity contribution in [3.63, 3.8) is 0 Å². The Morgan fingerprint density at radius 1 is 1.64 bits per heavy atom. The number of nitrogen functional groups attached to an aromatic ring is 1. The molecule has 1 aromatic rings. The zero-order valence-electron chi connectivity index (χ0n) is 8.31. The molecule has 2 N–H and O–H groups in total. The molecule has 1 aromatic heterocycles. The van der Waals surface area contributed by atoms with Crippen LogP contribution >= 0.6 is 11.8 Å². The van der Waals surface area contributed by atoms with Crippen molar-refractivity contribution in [2.75, 3.05) is 29.2 Å². The first kappa shape index (κ1) is 9.65. The normalized spacial score (nSPS) is 21.1. The highest BCUT2D eigenvalue weighted by molar-refractivity contribution is 7.99. The number of hydrogen-bond acceptors (Lipinski definition) is 4. The molecule has 0 aromatic carbocycles. The third-order valence-electron chi connectivity index (χ3n) is 2.66. The molecule has 76 valence electrons. The smallest absolute Gasteiger partial charge is 0.0738 e. The van der Waals surface area contributed by atoms with Gasteiger partial charge >= 0.3 is 0 Å². The van der Waals surface area contributed by atoms with Crippen LogP contribution < -0.4 is 10.6 Å². The van der Waals surface area contributed by atoms with E-state index in [0.717, 1.165) is 11.4 Å². The van der Waals surface area contributed by atoms with E-state index in [4.69, 9.17) is 5.73 Å². The van der Waals surface area contributed by atoms with Crippen LogP contribution in [-0.4, -0.2) is 29.6 Å². The van der Waals surface area contributed by atoms with E-state index in [2.05, 4.69) is 16.9 Å². The second-order valence-electron chi connectivity index (χ2n) is 3.56. The van der Waals surface area contributed by atoms with Crippen molar-refractivity contribution in [1.29, 1.82) is 0 Å². The van der Waals surface area contributed by atoms with Crippen LogP contribution in [0.4, 0.5) is 11.4 Å². The van der Waals surface area contributed by atoms with Gasteiger partial charge in [0, 0.05) is 25.0 Å². The lowest BCUT2D eigenvalue weighted by Crippen LogP contribution is -2.31. The molecule has 2 heterocycles. The summed E-state index contributed by atoms with van der Waals surface area (Å²) < 4.78 is 0. The van der Waals surface area contributed by atoms with E-state index >= 15 is 0 Å². The first-order valence-corrected chi connectivity index (χ1v) is 5.94. The maximum Gasteiger partial charge on any atom is 0.0738 e. The summed E-state index contributed by atoms with van der Waals surface area (Å²) in [5, 5.41) is 0. The molecule has 3 nitrogen and oxygen atoms in total. The van der Waals surface area contributed by atoms with Gasteiger partial charge < -0.3 is 10.6 Å². The molecule has 0 amide bonds. The maximum absolute atomic E-state index is 5.88. The molecule has 1 aliphatic rings. The predicted molar refractivity (Wildman–Crippen MR) is 62.8 cm³/mol. The number of hydrogen-bond donors (Lipinski definition) is 1. The van der Waals surface area contributed by atoms with Gasteiger partial charge in [0.05, 0.1) is 17.6 Å². The topological polar surface area (TPSA) is 42.2 Å². The molecule has 1 saturated heterocycles. The van der Waals surface area contributed by atoms with Gasteiger partial charge in [0.2, 0.25) is 0 Å². The van der Waals surface area contributed by atoms with E-state index in [0.29, 0.717) is 6.04 Å². The van der Waals surface area contributed by atoms with Crippen molar-refractivity contribution < 1.29 is 0 Å². The molecule has 0 radical (unpaired) electrons. The van der Waals surface area contributed by atoms with E-state index < -0.39 is 0 Å². The van der Waals surface area contributed by atoms with Crippen molar-refractivity contribution >= 4 is 23.1 Å². The first-order valence-electron chi connectivity index (χ1n) is 4.79. The van der Waals surface area contributed by atoms with Crippen LogP contribution in [0, 0.1) is 0 Å². The molecule has 0 aliphatic carbocycles. The van der Waals surface area contributed by atoms with Crippen LogP contribution in [0.1, 0.15) is 6.42 Å². The Hall–Kier alpha value is -0.900. The number of pyridine rings is 1. The third-order valence-corrected chi connectivity index (χ3v) is 3.81. The Morgan fingerprint density at radius 3 is 3.14 bits per heavy atom. The SMILES string of the molecule is CN(c1ccncc1N)C1CCSC1. The molecule has 1 atom stereocenters. The lowest BCUT2D eigenvalue weighted by molar-refractivity contribution is 0.700. The number of aromatic nitrogens is 1. The molecular weight excluding hydrogens is 194 g/mol. The molecule has 0 spiro atoms. The molecule has 1 fully saturated rings. The Bertz CT molecular complexity index is 310. The molecule has 4 heteroatoms. The van der Waals surface area contributed by atoms with Gasteiger partial charge in [0.25, 0.3) is 0 Å². The quantitative estimate of drug-likeness (QED) is 0.803. The van der Waals surface area contributed by atoms with E-state index in [9.17, 15) is 0 Å². The number of nitrogens with zero attached hydrogens (tertiary/aromatic N) is 2. The highest BCUT2D eigenvalue weighted by Gasteiger charge is 2.21. The fourth-order valence-electron chi connectivity index (χ4n) is 1.74. The van der Waals surface area contributed by atoms with Crippen LogP contribution in [0.2, 0.25) is 0 Å². The summed E-state index contributed by atoms with van der Waals surface area (Å²) in [5.74, 6) is 2.47. The highest BCUT2D eigenvalue weighted by atomic mass is 32.2. The molecule has 2 rings (SSSR count). The summed E-state index contributed by atoms with van der Waals surface area (Å²) in [6.45, 7) is 0. The van der Waals surface area contributed by atoms with Gasteiger partial charge in [0.15, 0.2) is 0 Å². The van der Waals surface area contributed by atoms with Crippen molar-refractivity contribution in [1.82, 2.24) is 4.98 Å². The largest absolute Gasteiger partial charge is 0.396 e. The fraction of sp³-hybridized carbons (Fsp3) is 0.500. The fourth-order valence-corrected chi connectivity index (χ4v) is 3.01. The summed E-state index contributed by atoms with van der Waals surface area (Å²) in [4.78, 5) is 6.27. The number of thioether (sulfide) groups is 1. The van der Waals surface area contributed by atoms with Crippen LogP contribution in [0.25, 0.3) is 0 Å². The monoisotopic (exact) mass is 209 g/mol. The number of anilines is 2. The minimum atomic E-state index is 0.629. The Labute approximate surface area is 88.7 Å². The van der Waals surface area contributed by atoms with Gasteiger partial charge in [-0.05, 0) is 18.2 Å². The van der Waals surface area contributed by atoms with Gasteiger partial charge in [-0.25, -0.2) is 0 Å². The lowest BCUT2D eigenvalue weighted by Gasteiger charge is -2.26. The molecule has 0 bridgehead atoms. The van der Waals surface area contributed by atoms with Gasteiger partial charge in [-0.2, -0.15) is 11.8 Å². The van der Waals surface area contributed by atoms with Crippen LogP contribution in [0.5, 0.6) is 0 Å². The second kappa shape index (κ2) is 4.09. The molecule has 1 unspecified atom stereocenters. The zero-order valence-corrected chi connectivity index (χ0v) is 9.13. The molecule has 0 saturated carbocycles. The van der Waals surface area contributed by atoms with E-state index in [1.807, 2.05) is 17.8 Å². The van der Waals surface area contributed by atoms with Crippen molar-refractivity contribution in [2.45, 2.75) is 12.5 Å². The molecule has 1 aliphatic heterocycles. The van der Waals surface area contributed by atoms with Gasteiger partial charge in [-0.3, -0.25) is 4.98 Å². The summed E-state index contributed by atoms with van der Waals surface area (Å²) in [7, 11) is 2.11. The van der Waals surface area contributed by atoms with Crippen molar-refractivity contribution in [3.05, 3.63) is 18.5 Å². The average molecular weight is 209 g/mol. The summed E-state index contributed by atoms with van der Waals surface area (Å²) in [6.07, 6.45) is 4.77. The standard InChI is InChI=1S/C10H15N3S/c1-13(8-3-5-14-7-8)10-2-4-12-6-9(10)11/h2,4,6,8H,3,5,7,11H2,1H3. The van der Waals surface area contributed by atoms with Crippen LogP contribution in [0.15, 0.2) is 18.5 Å². The van der Waals surface area contributed by atoms with E-state index in [1.54, 1.807) is 12.4 Å². The van der Waals surface area contributed by atoms with Crippen molar-refractivity contribution in [2.24, 2.45) is 0 Å². The number of nitrogens with two attached hydrogens (primary N) is 1. The minimum absolute atomic E-state index is 0.629. The molecule has 14 heavy (non-hydrogen) atoms. The Morgan fingerprint density at radius 2 is 2.50 bits per heavy atom. The first-order chi connectivity index (χ1) is 6.79. The molecular formula is C10H15N3S. The Balaban J connectivity index is 2.17. The van der Waals surface area contributed by atoms with Crippen LogP contribution in [-0.2, 0) is 0 Å². The Kier molecular flexibility index (Phi) is 2.82. The highest BCUT2D eigenvalue weighted by Crippen LogP contribution is 2.28. The summed E-state index contributed by atoms with van der Waals surface area (Å²) >= 11 is 2.01. The lowest BCUT2D eigenvalue weighted by atomic mass is 10.2. The van der Waals surface area contributed by atoms with E-state index in [-0.39, 0.29) is 0 Å². The van der Waals surface area contributed by atoms with Crippen molar-refractivity contribution in [3.8, 4) is 0 Å². The average Bonchev–Trinajstić information content (AvgIpc) is 2.70. The summed E-state index contributed by atoms with van der Waals surface area (Å²) in [6, 6.07) is 2.61. The predicted octanol–water partition coefficient (Wildman–Crippen LogP) is 1.61. The second-order valence-corrected chi connectivity index (χ2v) is 4.71. The summed E-state index contributed by atoms with van der Waals surface area (Å²) in [5.41, 5.74) is 7.75. The zero-order chi connectivity index (χ0) is 9.97. The van der Waals surface area contributed by atoms with Gasteiger partial charge in [-0.15, -0.1) is 0 Å². The third kappa shape index (κ3) is 1.80. The maximum atomic E-state index is 5.88. The van der Waals surface area contributed by atoms with Gasteiger partial charge in [-0.1, -0.05) is 0 Å².